The molecular weight excluding hydrogens is 194 g/mol. The van der Waals surface area contributed by atoms with Crippen molar-refractivity contribution in [3.63, 3.8) is 0 Å². The second kappa shape index (κ2) is 3.86. The summed E-state index contributed by atoms with van der Waals surface area (Å²) < 4.78 is 1.63. The van der Waals surface area contributed by atoms with E-state index in [1.807, 2.05) is 0 Å². The van der Waals surface area contributed by atoms with Gasteiger partial charge in [0.15, 0.2) is 0 Å². The van der Waals surface area contributed by atoms with Gasteiger partial charge >= 0.3 is 0 Å². The van der Waals surface area contributed by atoms with E-state index in [-0.39, 0.29) is 23.6 Å². The number of carbonyl (C=O) groups is 1. The molecule has 5 nitrogen and oxygen atoms in total. The number of rotatable bonds is 2. The number of nitrogens with two attached hydrogens (primary N) is 1. The molecule has 5 heteroatoms. The molecule has 0 radical (unpaired) electrons. The van der Waals surface area contributed by atoms with Crippen molar-refractivity contribution in [1.82, 2.24) is 9.88 Å². The maximum absolute atomic E-state index is 11.5. The monoisotopic (exact) mass is 207 g/mol. The number of hydrogen-bond donors (Lipinski definition) is 2. The van der Waals surface area contributed by atoms with Gasteiger partial charge in [0.25, 0.3) is 5.56 Å². The Balaban J connectivity index is 2.18. The van der Waals surface area contributed by atoms with Gasteiger partial charge in [0.05, 0.1) is 12.1 Å². The summed E-state index contributed by atoms with van der Waals surface area (Å²) >= 11 is 0. The Hall–Kier alpha value is -1.62. The zero-order chi connectivity index (χ0) is 10.8. The molecule has 2 unspecified atom stereocenters. The molecule has 1 aliphatic rings. The number of aromatic nitrogens is 1. The van der Waals surface area contributed by atoms with Crippen molar-refractivity contribution >= 4 is 5.91 Å². The third-order valence-corrected chi connectivity index (χ3v) is 2.70. The second-order valence-electron chi connectivity index (χ2n) is 3.70. The quantitative estimate of drug-likeness (QED) is 0.669. The maximum atomic E-state index is 11.5. The van der Waals surface area contributed by atoms with E-state index in [9.17, 15) is 9.59 Å². The standard InChI is InChI=1S/C10H13N3O2/c11-10(15)8-5-7(6-12-8)13-4-2-1-3-9(13)14/h1-4,7-8,12H,5-6H2,(H2,11,15). The summed E-state index contributed by atoms with van der Waals surface area (Å²) in [4.78, 5) is 22.4. The highest BCUT2D eigenvalue weighted by atomic mass is 16.1. The largest absolute Gasteiger partial charge is 0.368 e. The number of hydrogen-bond acceptors (Lipinski definition) is 3. The van der Waals surface area contributed by atoms with Crippen molar-refractivity contribution in [2.45, 2.75) is 18.5 Å². The SMILES string of the molecule is NC(=O)C1CC(n2ccccc2=O)CN1. The molecule has 2 rings (SSSR count). The normalized spacial score (nSPS) is 25.3. The Kier molecular flexibility index (Phi) is 2.55. The third kappa shape index (κ3) is 1.92. The smallest absolute Gasteiger partial charge is 0.250 e. The zero-order valence-electron chi connectivity index (χ0n) is 8.22. The first-order valence-electron chi connectivity index (χ1n) is 4.88. The van der Waals surface area contributed by atoms with E-state index in [4.69, 9.17) is 5.73 Å². The lowest BCUT2D eigenvalue weighted by Gasteiger charge is -2.11. The first kappa shape index (κ1) is 9.92. The van der Waals surface area contributed by atoms with E-state index < -0.39 is 0 Å². The molecule has 0 saturated carbocycles. The van der Waals surface area contributed by atoms with Crippen molar-refractivity contribution in [2.75, 3.05) is 6.54 Å². The molecule has 80 valence electrons. The molecule has 1 saturated heterocycles. The van der Waals surface area contributed by atoms with Gasteiger partial charge in [-0.25, -0.2) is 0 Å². The minimum Gasteiger partial charge on any atom is -0.368 e. The van der Waals surface area contributed by atoms with Crippen LogP contribution in [0.15, 0.2) is 29.2 Å². The highest BCUT2D eigenvalue weighted by molar-refractivity contribution is 5.80. The van der Waals surface area contributed by atoms with Crippen LogP contribution in [-0.2, 0) is 4.79 Å². The first-order chi connectivity index (χ1) is 7.18. The van der Waals surface area contributed by atoms with Crippen LogP contribution >= 0.6 is 0 Å². The van der Waals surface area contributed by atoms with Crippen LogP contribution in [0.1, 0.15) is 12.5 Å². The topological polar surface area (TPSA) is 77.1 Å². The lowest BCUT2D eigenvalue weighted by atomic mass is 10.1. The fourth-order valence-electron chi connectivity index (χ4n) is 1.89. The Morgan fingerprint density at radius 3 is 2.93 bits per heavy atom. The minimum absolute atomic E-state index is 0.0243. The van der Waals surface area contributed by atoms with Gasteiger partial charge in [-0.2, -0.15) is 0 Å². The summed E-state index contributed by atoms with van der Waals surface area (Å²) in [5.41, 5.74) is 5.14. The van der Waals surface area contributed by atoms with E-state index in [2.05, 4.69) is 5.32 Å². The predicted octanol–water partition coefficient (Wildman–Crippen LogP) is -0.763. The Morgan fingerprint density at radius 2 is 2.33 bits per heavy atom. The first-order valence-corrected chi connectivity index (χ1v) is 4.88. The van der Waals surface area contributed by atoms with Crippen LogP contribution in [-0.4, -0.2) is 23.1 Å². The van der Waals surface area contributed by atoms with Gasteiger partial charge in [0, 0.05) is 18.8 Å². The summed E-state index contributed by atoms with van der Waals surface area (Å²) in [6.07, 6.45) is 2.32. The van der Waals surface area contributed by atoms with E-state index in [1.165, 1.54) is 6.07 Å². The zero-order valence-corrected chi connectivity index (χ0v) is 8.22. The van der Waals surface area contributed by atoms with E-state index in [0.29, 0.717) is 13.0 Å². The molecule has 1 aliphatic heterocycles. The lowest BCUT2D eigenvalue weighted by Crippen LogP contribution is -2.36. The molecule has 0 bridgehead atoms. The number of pyridine rings is 1. The van der Waals surface area contributed by atoms with Crippen molar-refractivity contribution in [3.8, 4) is 0 Å². The van der Waals surface area contributed by atoms with Gasteiger partial charge in [0.1, 0.15) is 0 Å². The van der Waals surface area contributed by atoms with Gasteiger partial charge in [-0.05, 0) is 12.5 Å². The fourth-order valence-corrected chi connectivity index (χ4v) is 1.89. The van der Waals surface area contributed by atoms with Crippen LogP contribution in [0, 0.1) is 0 Å². The van der Waals surface area contributed by atoms with Crippen molar-refractivity contribution < 1.29 is 4.79 Å². The molecule has 0 aromatic carbocycles. The summed E-state index contributed by atoms with van der Waals surface area (Å²) in [6, 6.07) is 4.72. The molecule has 3 N–H and O–H groups in total. The average molecular weight is 207 g/mol. The third-order valence-electron chi connectivity index (χ3n) is 2.70. The van der Waals surface area contributed by atoms with Crippen molar-refractivity contribution in [1.29, 1.82) is 0 Å². The maximum Gasteiger partial charge on any atom is 0.250 e. The van der Waals surface area contributed by atoms with Crippen LogP contribution in [0.4, 0.5) is 0 Å². The molecule has 2 atom stereocenters. The second-order valence-corrected chi connectivity index (χ2v) is 3.70. The number of amides is 1. The Bertz CT molecular complexity index is 427. The molecule has 0 spiro atoms. The molecular formula is C10H13N3O2. The fraction of sp³-hybridized carbons (Fsp3) is 0.400. The summed E-state index contributed by atoms with van der Waals surface area (Å²) in [5.74, 6) is -0.360. The predicted molar refractivity (Wildman–Crippen MR) is 55.3 cm³/mol. The highest BCUT2D eigenvalue weighted by Crippen LogP contribution is 2.17. The summed E-state index contributed by atoms with van der Waals surface area (Å²) in [5, 5.41) is 3.00. The molecule has 2 heterocycles. The number of carbonyl (C=O) groups excluding carboxylic acids is 1. The molecule has 15 heavy (non-hydrogen) atoms. The van der Waals surface area contributed by atoms with Gasteiger partial charge in [-0.15, -0.1) is 0 Å². The van der Waals surface area contributed by atoms with E-state index in [0.717, 1.165) is 0 Å². The van der Waals surface area contributed by atoms with Gasteiger partial charge in [-0.3, -0.25) is 9.59 Å². The number of nitrogens with one attached hydrogen (secondary N) is 1. The van der Waals surface area contributed by atoms with Crippen molar-refractivity contribution in [3.05, 3.63) is 34.7 Å². The molecule has 1 aromatic rings. The molecule has 1 fully saturated rings. The lowest BCUT2D eigenvalue weighted by molar-refractivity contribution is -0.119. The van der Waals surface area contributed by atoms with Gasteiger partial charge in [-0.1, -0.05) is 6.07 Å². The van der Waals surface area contributed by atoms with Crippen LogP contribution < -0.4 is 16.6 Å². The molecule has 1 amide bonds. The van der Waals surface area contributed by atoms with Crippen molar-refractivity contribution in [2.24, 2.45) is 5.73 Å². The number of nitrogens with zero attached hydrogens (tertiary/aromatic N) is 1. The molecule has 1 aromatic heterocycles. The van der Waals surface area contributed by atoms with E-state index in [1.54, 1.807) is 22.9 Å². The average Bonchev–Trinajstić information content (AvgIpc) is 2.67. The Labute approximate surface area is 86.9 Å². The van der Waals surface area contributed by atoms with Crippen LogP contribution in [0.2, 0.25) is 0 Å². The Morgan fingerprint density at radius 1 is 1.53 bits per heavy atom. The van der Waals surface area contributed by atoms with Crippen LogP contribution in [0.3, 0.4) is 0 Å². The van der Waals surface area contributed by atoms with Crippen LogP contribution in [0.5, 0.6) is 0 Å². The summed E-state index contributed by atoms with van der Waals surface area (Å²) in [7, 11) is 0. The molecule has 0 aliphatic carbocycles. The minimum atomic E-state index is -0.360. The summed E-state index contributed by atoms with van der Waals surface area (Å²) in [6.45, 7) is 0.609. The van der Waals surface area contributed by atoms with E-state index >= 15 is 0 Å². The van der Waals surface area contributed by atoms with Gasteiger partial charge in [0.2, 0.25) is 5.91 Å². The number of primary amides is 1. The van der Waals surface area contributed by atoms with Crippen LogP contribution in [0.25, 0.3) is 0 Å². The highest BCUT2D eigenvalue weighted by Gasteiger charge is 2.28. The van der Waals surface area contributed by atoms with Gasteiger partial charge < -0.3 is 15.6 Å².